The lowest BCUT2D eigenvalue weighted by molar-refractivity contribution is 1.07. The fourth-order valence-corrected chi connectivity index (χ4v) is 8.83. The molecule has 0 aliphatic rings. The van der Waals surface area contributed by atoms with Crippen LogP contribution in [0.25, 0.3) is 111 Å². The van der Waals surface area contributed by atoms with E-state index in [1.807, 2.05) is 36.4 Å². The summed E-state index contributed by atoms with van der Waals surface area (Å²) in [5, 5.41) is 9.52. The summed E-state index contributed by atoms with van der Waals surface area (Å²) in [4.78, 5) is 15.4. The van der Waals surface area contributed by atoms with E-state index in [1.165, 1.54) is 37.8 Å². The van der Waals surface area contributed by atoms with E-state index in [4.69, 9.17) is 15.0 Å². The lowest BCUT2D eigenvalue weighted by atomic mass is 10.0. The van der Waals surface area contributed by atoms with Crippen molar-refractivity contribution in [3.05, 3.63) is 200 Å². The van der Waals surface area contributed by atoms with Crippen molar-refractivity contribution in [1.82, 2.24) is 24.1 Å². The van der Waals surface area contributed by atoms with Crippen LogP contribution in [0.2, 0.25) is 0 Å². The van der Waals surface area contributed by atoms with E-state index >= 15 is 0 Å². The van der Waals surface area contributed by atoms with Crippen LogP contribution in [0.1, 0.15) is 0 Å². The fourth-order valence-electron chi connectivity index (χ4n) is 8.83. The number of aromatic nitrogens is 5. The average Bonchev–Trinajstić information content (AvgIpc) is 3.79. The van der Waals surface area contributed by atoms with E-state index in [-0.39, 0.29) is 0 Å². The first-order valence-electron chi connectivity index (χ1n) is 19.6. The molecule has 12 aromatic rings. The number of hydrogen-bond acceptors (Lipinski definition) is 3. The molecule has 12 rings (SSSR count). The summed E-state index contributed by atoms with van der Waals surface area (Å²) >= 11 is 0. The van der Waals surface area contributed by atoms with Crippen LogP contribution in [0.5, 0.6) is 0 Å². The minimum absolute atomic E-state index is 0.630. The van der Waals surface area contributed by atoms with Gasteiger partial charge in [0.2, 0.25) is 0 Å². The maximum Gasteiger partial charge on any atom is 0.164 e. The number of fused-ring (bicyclic) bond motifs is 8. The number of nitrogens with zero attached hydrogens (tertiary/aromatic N) is 5. The number of rotatable bonds is 5. The van der Waals surface area contributed by atoms with Gasteiger partial charge >= 0.3 is 0 Å². The number of benzene rings is 9. The molecule has 3 heterocycles. The summed E-state index contributed by atoms with van der Waals surface area (Å²) in [5.74, 6) is 1.91. The molecular weight excluding hydrogens is 707 g/mol. The molecule has 0 atom stereocenters. The summed E-state index contributed by atoms with van der Waals surface area (Å²) in [6, 6.07) is 71.1. The zero-order valence-electron chi connectivity index (χ0n) is 31.3. The third-order valence-electron chi connectivity index (χ3n) is 11.5. The van der Waals surface area contributed by atoms with Crippen LogP contribution in [0.15, 0.2) is 200 Å². The highest BCUT2D eigenvalue weighted by Gasteiger charge is 2.21. The van der Waals surface area contributed by atoms with Crippen LogP contribution in [0.4, 0.5) is 0 Å². The normalized spacial score (nSPS) is 11.8. The van der Waals surface area contributed by atoms with Gasteiger partial charge in [-0.2, -0.15) is 0 Å². The predicted molar refractivity (Wildman–Crippen MR) is 240 cm³/mol. The zero-order chi connectivity index (χ0) is 38.2. The summed E-state index contributed by atoms with van der Waals surface area (Å²) in [6.07, 6.45) is 0. The van der Waals surface area contributed by atoms with Crippen molar-refractivity contribution in [3.63, 3.8) is 0 Å². The Kier molecular flexibility index (Phi) is 7.16. The molecular formula is C53H33N5. The molecule has 9 aromatic carbocycles. The molecule has 0 amide bonds. The Bertz CT molecular complexity index is 3490. The van der Waals surface area contributed by atoms with Crippen molar-refractivity contribution < 1.29 is 0 Å². The second-order valence-electron chi connectivity index (χ2n) is 14.9. The topological polar surface area (TPSA) is 48.5 Å². The number of para-hydroxylation sites is 2. The lowest BCUT2D eigenvalue weighted by Gasteiger charge is -2.15. The van der Waals surface area contributed by atoms with Crippen molar-refractivity contribution in [2.24, 2.45) is 0 Å². The Morgan fingerprint density at radius 3 is 1.45 bits per heavy atom. The van der Waals surface area contributed by atoms with Gasteiger partial charge in [0.05, 0.1) is 22.1 Å². The Hall–Kier alpha value is -7.89. The molecule has 5 nitrogen and oxygen atoms in total. The highest BCUT2D eigenvalue weighted by molar-refractivity contribution is 6.21. The molecule has 0 aliphatic heterocycles. The molecule has 0 saturated carbocycles. The van der Waals surface area contributed by atoms with E-state index in [9.17, 15) is 0 Å². The van der Waals surface area contributed by atoms with E-state index in [2.05, 4.69) is 173 Å². The van der Waals surface area contributed by atoms with Gasteiger partial charge in [-0.1, -0.05) is 146 Å². The SMILES string of the molecule is c1ccc(-c2nc(-c3ccccc3)nc(-c3cc(-n4c5ccccc5c5cc6c7cc8ccccc8cc7n(-c7ccccc7)c6cc54)cc4ccccc34)n2)cc1. The summed E-state index contributed by atoms with van der Waals surface area (Å²) in [5.41, 5.74) is 9.61. The van der Waals surface area contributed by atoms with Gasteiger partial charge in [0.1, 0.15) is 0 Å². The standard InChI is InChI=1S/C53H33N5/c1-4-16-34(17-5-1)51-54-52(35-18-6-2-7-19-35)56-53(55-51)46-31-40(28-38-22-12-13-25-41(38)46)58-47-27-15-14-26-42(47)44-32-45-43-29-36-20-10-11-21-37(36)30-48(43)57(50(45)33-49(44)58)39-23-8-3-9-24-39/h1-33H. The summed E-state index contributed by atoms with van der Waals surface area (Å²) in [7, 11) is 0. The highest BCUT2D eigenvalue weighted by Crippen LogP contribution is 2.42. The van der Waals surface area contributed by atoms with Crippen LogP contribution >= 0.6 is 0 Å². The van der Waals surface area contributed by atoms with Crippen molar-refractivity contribution in [3.8, 4) is 45.5 Å². The lowest BCUT2D eigenvalue weighted by Crippen LogP contribution is -2.02. The second kappa shape index (κ2) is 12.8. The third kappa shape index (κ3) is 5.07. The van der Waals surface area contributed by atoms with Gasteiger partial charge in [-0.25, -0.2) is 15.0 Å². The van der Waals surface area contributed by atoms with Crippen LogP contribution < -0.4 is 0 Å². The molecule has 0 radical (unpaired) electrons. The molecule has 0 unspecified atom stereocenters. The van der Waals surface area contributed by atoms with Crippen LogP contribution in [-0.4, -0.2) is 24.1 Å². The Morgan fingerprint density at radius 1 is 0.276 bits per heavy atom. The van der Waals surface area contributed by atoms with Crippen molar-refractivity contribution in [2.75, 3.05) is 0 Å². The predicted octanol–water partition coefficient (Wildman–Crippen LogP) is 13.4. The third-order valence-corrected chi connectivity index (χ3v) is 11.5. The fraction of sp³-hybridized carbons (Fsp3) is 0. The molecule has 3 aromatic heterocycles. The summed E-state index contributed by atoms with van der Waals surface area (Å²) in [6.45, 7) is 0. The largest absolute Gasteiger partial charge is 0.309 e. The molecule has 0 aliphatic carbocycles. The molecule has 270 valence electrons. The molecule has 58 heavy (non-hydrogen) atoms. The van der Waals surface area contributed by atoms with Crippen LogP contribution in [0, 0.1) is 0 Å². The van der Waals surface area contributed by atoms with Gasteiger partial charge < -0.3 is 9.13 Å². The second-order valence-corrected chi connectivity index (χ2v) is 14.9. The molecule has 0 bridgehead atoms. The summed E-state index contributed by atoms with van der Waals surface area (Å²) < 4.78 is 4.84. The first-order chi connectivity index (χ1) is 28.7. The molecule has 0 N–H and O–H groups in total. The highest BCUT2D eigenvalue weighted by atomic mass is 15.0. The van der Waals surface area contributed by atoms with Gasteiger partial charge in [-0.05, 0) is 76.1 Å². The first kappa shape index (κ1) is 32.4. The van der Waals surface area contributed by atoms with Gasteiger partial charge in [0.25, 0.3) is 0 Å². The van der Waals surface area contributed by atoms with E-state index in [0.29, 0.717) is 17.5 Å². The smallest absolute Gasteiger partial charge is 0.164 e. The van der Waals surface area contributed by atoms with Gasteiger partial charge in [-0.15, -0.1) is 0 Å². The van der Waals surface area contributed by atoms with Gasteiger partial charge in [-0.3, -0.25) is 0 Å². The minimum Gasteiger partial charge on any atom is -0.309 e. The number of hydrogen-bond donors (Lipinski definition) is 0. The molecule has 0 saturated heterocycles. The Labute approximate surface area is 333 Å². The average molecular weight is 740 g/mol. The Morgan fingerprint density at radius 2 is 0.759 bits per heavy atom. The molecule has 0 spiro atoms. The quantitative estimate of drug-likeness (QED) is 0.177. The van der Waals surface area contributed by atoms with Gasteiger partial charge in [0.15, 0.2) is 17.5 Å². The van der Waals surface area contributed by atoms with Crippen molar-refractivity contribution in [2.45, 2.75) is 0 Å². The van der Waals surface area contributed by atoms with Crippen molar-refractivity contribution in [1.29, 1.82) is 0 Å². The molecule has 5 heteroatoms. The van der Waals surface area contributed by atoms with Crippen LogP contribution in [0.3, 0.4) is 0 Å². The van der Waals surface area contributed by atoms with Crippen LogP contribution in [-0.2, 0) is 0 Å². The molecule has 0 fully saturated rings. The van der Waals surface area contributed by atoms with E-state index in [1.54, 1.807) is 0 Å². The van der Waals surface area contributed by atoms with E-state index < -0.39 is 0 Å². The zero-order valence-corrected chi connectivity index (χ0v) is 31.3. The first-order valence-corrected chi connectivity index (χ1v) is 19.6. The van der Waals surface area contributed by atoms with Crippen molar-refractivity contribution >= 4 is 65.2 Å². The van der Waals surface area contributed by atoms with E-state index in [0.717, 1.165) is 55.4 Å². The Balaban J connectivity index is 1.17. The maximum atomic E-state index is 5.20. The maximum absolute atomic E-state index is 5.20. The minimum atomic E-state index is 0.630. The monoisotopic (exact) mass is 739 g/mol. The van der Waals surface area contributed by atoms with Gasteiger partial charge in [0, 0.05) is 49.6 Å².